The summed E-state index contributed by atoms with van der Waals surface area (Å²) in [7, 11) is 1.49. The third-order valence-corrected chi connectivity index (χ3v) is 6.06. The number of allylic oxidation sites excluding steroid dienone is 1. The molecule has 2 fully saturated rings. The molecule has 0 bridgehead atoms. The van der Waals surface area contributed by atoms with E-state index in [2.05, 4.69) is 22.2 Å². The topological polar surface area (TPSA) is 142 Å². The normalized spacial score (nSPS) is 18.7. The predicted octanol–water partition coefficient (Wildman–Crippen LogP) is 0.707. The van der Waals surface area contributed by atoms with Crippen LogP contribution < -0.4 is 16.0 Å². The van der Waals surface area contributed by atoms with Gasteiger partial charge < -0.3 is 20.3 Å². The number of nitrogens with two attached hydrogens (primary N) is 1. The highest BCUT2D eigenvalue weighted by Gasteiger charge is 2.34. The summed E-state index contributed by atoms with van der Waals surface area (Å²) in [6.45, 7) is 4.58. The number of aldehydes is 2. The van der Waals surface area contributed by atoms with E-state index < -0.39 is 23.4 Å². The maximum absolute atomic E-state index is 13.2. The van der Waals surface area contributed by atoms with E-state index in [-0.39, 0.29) is 35.8 Å². The molecule has 2 aliphatic rings. The van der Waals surface area contributed by atoms with E-state index in [1.54, 1.807) is 32.0 Å². The third-order valence-electron chi connectivity index (χ3n) is 6.06. The lowest BCUT2D eigenvalue weighted by Crippen LogP contribution is -2.53. The van der Waals surface area contributed by atoms with Gasteiger partial charge in [-0.2, -0.15) is 0 Å². The highest BCUT2D eigenvalue weighted by atomic mass is 16.2. The molecule has 1 atom stereocenters. The van der Waals surface area contributed by atoms with E-state index in [4.69, 9.17) is 5.73 Å². The van der Waals surface area contributed by atoms with Crippen molar-refractivity contribution in [1.29, 1.82) is 0 Å². The smallest absolute Gasteiger partial charge is 0.255 e. The van der Waals surface area contributed by atoms with Gasteiger partial charge in [0.1, 0.15) is 17.9 Å². The van der Waals surface area contributed by atoms with Crippen molar-refractivity contribution in [2.24, 2.45) is 16.6 Å². The van der Waals surface area contributed by atoms with E-state index in [1.807, 2.05) is 4.90 Å². The van der Waals surface area contributed by atoms with Crippen LogP contribution in [0, 0.1) is 17.8 Å². The van der Waals surface area contributed by atoms with Crippen LogP contribution in [-0.2, 0) is 14.4 Å². The fraction of sp³-hybridized carbons (Fsp3) is 0.385. The molecule has 3 rings (SSSR count). The minimum absolute atomic E-state index is 0.0588. The molecule has 1 aromatic carbocycles. The molecule has 3 amide bonds. The lowest BCUT2D eigenvalue weighted by atomic mass is 9.97. The number of hydrogen-bond acceptors (Lipinski definition) is 8. The molecule has 2 heterocycles. The molecular formula is C26H29N5O5. The van der Waals surface area contributed by atoms with Gasteiger partial charge in [-0.25, -0.2) is 0 Å². The van der Waals surface area contributed by atoms with Gasteiger partial charge in [-0.1, -0.05) is 11.8 Å². The van der Waals surface area contributed by atoms with Gasteiger partial charge in [0.2, 0.25) is 11.8 Å². The van der Waals surface area contributed by atoms with Crippen molar-refractivity contribution in [1.82, 2.24) is 10.2 Å². The van der Waals surface area contributed by atoms with Crippen LogP contribution >= 0.6 is 0 Å². The highest BCUT2D eigenvalue weighted by Crippen LogP contribution is 2.27. The van der Waals surface area contributed by atoms with Gasteiger partial charge in [0.05, 0.1) is 17.1 Å². The molecule has 10 nitrogen and oxygen atoms in total. The second-order valence-electron chi connectivity index (χ2n) is 9.30. The summed E-state index contributed by atoms with van der Waals surface area (Å²) in [5.41, 5.74) is 6.42. The highest BCUT2D eigenvalue weighted by molar-refractivity contribution is 6.06. The van der Waals surface area contributed by atoms with Gasteiger partial charge in [0.15, 0.2) is 6.29 Å². The van der Waals surface area contributed by atoms with Crippen molar-refractivity contribution in [3.05, 3.63) is 41.1 Å². The van der Waals surface area contributed by atoms with Crippen LogP contribution in [0.4, 0.5) is 5.69 Å². The number of benzene rings is 1. The van der Waals surface area contributed by atoms with Crippen LogP contribution in [0.25, 0.3) is 0 Å². The maximum atomic E-state index is 13.2. The summed E-state index contributed by atoms with van der Waals surface area (Å²) in [5, 5.41) is 2.24. The van der Waals surface area contributed by atoms with Crippen LogP contribution in [0.3, 0.4) is 0 Å². The number of carbonyl (C=O) groups excluding carboxylic acids is 5. The molecule has 2 aliphatic heterocycles. The van der Waals surface area contributed by atoms with E-state index in [0.717, 1.165) is 12.0 Å². The summed E-state index contributed by atoms with van der Waals surface area (Å²) in [6, 6.07) is 4.19. The third kappa shape index (κ3) is 6.05. The Morgan fingerprint density at radius 2 is 2.00 bits per heavy atom. The second-order valence-corrected chi connectivity index (χ2v) is 9.30. The number of likely N-dealkylation sites (N-methyl/N-ethyl adjacent to an activating group) is 1. The number of anilines is 1. The monoisotopic (exact) mass is 491 g/mol. The molecule has 1 unspecified atom stereocenters. The fourth-order valence-corrected chi connectivity index (χ4v) is 3.76. The van der Waals surface area contributed by atoms with Gasteiger partial charge in [0, 0.05) is 50.2 Å². The number of amides is 3. The van der Waals surface area contributed by atoms with Crippen molar-refractivity contribution in [3.8, 4) is 11.8 Å². The number of carbonyl (C=O) groups is 5. The molecule has 3 N–H and O–H groups in total. The molecule has 0 aromatic heterocycles. The molecule has 0 saturated carbocycles. The lowest BCUT2D eigenvalue weighted by Gasteiger charge is -2.38. The van der Waals surface area contributed by atoms with E-state index >= 15 is 0 Å². The first-order valence-electron chi connectivity index (χ1n) is 11.5. The summed E-state index contributed by atoms with van der Waals surface area (Å²) in [6.07, 6.45) is 4.54. The van der Waals surface area contributed by atoms with Gasteiger partial charge in [-0.15, -0.1) is 0 Å². The van der Waals surface area contributed by atoms with Crippen molar-refractivity contribution >= 4 is 42.2 Å². The standard InChI is InChI=1S/C26H29N5O5/c1-26(2,16-33)28-12-17(11-27)4-5-18-13-31(14-18)20-7-6-19(15-32)21(10-20)25(36)30(3)22-8-9-23(34)29-24(22)35/h6-7,10-12,15-16,18,22H,8-9,13-14,27H2,1-3H3,(H,29,34,35). The summed E-state index contributed by atoms with van der Waals surface area (Å²) < 4.78 is 0. The molecule has 188 valence electrons. The van der Waals surface area contributed by atoms with Crippen molar-refractivity contribution in [3.63, 3.8) is 0 Å². The van der Waals surface area contributed by atoms with Gasteiger partial charge in [-0.05, 0) is 38.5 Å². The average Bonchev–Trinajstić information content (AvgIpc) is 2.83. The van der Waals surface area contributed by atoms with E-state index in [1.165, 1.54) is 24.4 Å². The minimum Gasteiger partial charge on any atom is -0.404 e. The zero-order valence-electron chi connectivity index (χ0n) is 20.5. The Kier molecular flexibility index (Phi) is 8.04. The number of piperidine rings is 1. The Labute approximate surface area is 209 Å². The van der Waals surface area contributed by atoms with Crippen LogP contribution in [0.2, 0.25) is 0 Å². The number of rotatable bonds is 7. The molecular weight excluding hydrogens is 462 g/mol. The van der Waals surface area contributed by atoms with Crippen molar-refractivity contribution < 1.29 is 24.0 Å². The van der Waals surface area contributed by atoms with Gasteiger partial charge in [0.25, 0.3) is 5.91 Å². The first-order valence-corrected chi connectivity index (χ1v) is 11.5. The number of imide groups is 1. The number of aliphatic imine (C=N–C) groups is 1. The predicted molar refractivity (Wildman–Crippen MR) is 134 cm³/mol. The zero-order valence-corrected chi connectivity index (χ0v) is 20.5. The summed E-state index contributed by atoms with van der Waals surface area (Å²) in [5.74, 6) is 4.80. The minimum atomic E-state index is -0.849. The molecule has 0 radical (unpaired) electrons. The lowest BCUT2D eigenvalue weighted by molar-refractivity contribution is -0.136. The Hall–Kier alpha value is -4.26. The Balaban J connectivity index is 1.69. The van der Waals surface area contributed by atoms with Gasteiger partial charge in [-0.3, -0.25) is 29.5 Å². The molecule has 10 heteroatoms. The number of nitrogens with zero attached hydrogens (tertiary/aromatic N) is 3. The first kappa shape index (κ1) is 26.3. The van der Waals surface area contributed by atoms with E-state index in [9.17, 15) is 24.0 Å². The Morgan fingerprint density at radius 3 is 2.61 bits per heavy atom. The molecule has 36 heavy (non-hydrogen) atoms. The molecule has 2 saturated heterocycles. The zero-order chi connectivity index (χ0) is 26.5. The number of nitrogens with one attached hydrogen (secondary N) is 1. The quantitative estimate of drug-likeness (QED) is 0.247. The van der Waals surface area contributed by atoms with Crippen LogP contribution in [0.1, 0.15) is 47.4 Å². The summed E-state index contributed by atoms with van der Waals surface area (Å²) in [4.78, 5) is 66.8. The number of hydrogen-bond donors (Lipinski definition) is 2. The molecule has 0 spiro atoms. The fourth-order valence-electron chi connectivity index (χ4n) is 3.76. The Morgan fingerprint density at radius 1 is 1.28 bits per heavy atom. The van der Waals surface area contributed by atoms with Crippen LogP contribution in [0.15, 0.2) is 35.0 Å². The first-order chi connectivity index (χ1) is 17.1. The SMILES string of the molecule is CN(C(=O)c1cc(N2CC(C#CC(C=NC(C)(C)C=O)=CN)C2)ccc1C=O)C1CCC(=O)NC1=O. The summed E-state index contributed by atoms with van der Waals surface area (Å²) >= 11 is 0. The maximum Gasteiger partial charge on any atom is 0.255 e. The second kappa shape index (κ2) is 11.0. The van der Waals surface area contributed by atoms with Crippen molar-refractivity contribution in [2.75, 3.05) is 25.0 Å². The molecule has 0 aliphatic carbocycles. The largest absolute Gasteiger partial charge is 0.404 e. The Bertz CT molecular complexity index is 1200. The van der Waals surface area contributed by atoms with Crippen molar-refractivity contribution in [2.45, 2.75) is 38.3 Å². The van der Waals surface area contributed by atoms with Crippen LogP contribution in [0.5, 0.6) is 0 Å². The van der Waals surface area contributed by atoms with Gasteiger partial charge >= 0.3 is 0 Å². The van der Waals surface area contributed by atoms with Crippen LogP contribution in [-0.4, -0.2) is 73.1 Å². The average molecular weight is 492 g/mol. The molecule has 1 aromatic rings. The van der Waals surface area contributed by atoms with E-state index in [0.29, 0.717) is 24.9 Å².